The summed E-state index contributed by atoms with van der Waals surface area (Å²) in [6.45, 7) is 0. The summed E-state index contributed by atoms with van der Waals surface area (Å²) in [5.41, 5.74) is 0.111. The molecule has 0 aliphatic carbocycles. The van der Waals surface area contributed by atoms with E-state index in [1.807, 2.05) is 6.07 Å². The van der Waals surface area contributed by atoms with Crippen molar-refractivity contribution in [3.05, 3.63) is 57.0 Å². The number of rotatable bonds is 3. The van der Waals surface area contributed by atoms with Crippen LogP contribution in [0.15, 0.2) is 41.3 Å². The van der Waals surface area contributed by atoms with Gasteiger partial charge in [-0.2, -0.15) is 5.26 Å². The van der Waals surface area contributed by atoms with Gasteiger partial charge in [-0.25, -0.2) is 8.42 Å². The second-order valence-electron chi connectivity index (χ2n) is 3.96. The van der Waals surface area contributed by atoms with Crippen molar-refractivity contribution in [1.82, 2.24) is 0 Å². The molecule has 1 N–H and O–H groups in total. The maximum Gasteiger partial charge on any atom is 0.263 e. The van der Waals surface area contributed by atoms with E-state index in [1.54, 1.807) is 6.07 Å². The SMILES string of the molecule is N#Cc1ccccc1S(=O)(=O)Nc1cc(Cl)c(Cl)cc1Cl. The molecule has 0 amide bonds. The highest BCUT2D eigenvalue weighted by atomic mass is 35.5. The number of benzene rings is 2. The van der Waals surface area contributed by atoms with Crippen LogP contribution in [-0.2, 0) is 10.0 Å². The molecule has 108 valence electrons. The molecule has 0 fully saturated rings. The molecular formula is C13H7Cl3N2O2S. The lowest BCUT2D eigenvalue weighted by atomic mass is 10.2. The van der Waals surface area contributed by atoms with E-state index in [0.29, 0.717) is 0 Å². The molecule has 0 atom stereocenters. The van der Waals surface area contributed by atoms with Crippen LogP contribution in [0.5, 0.6) is 0 Å². The van der Waals surface area contributed by atoms with Gasteiger partial charge in [0, 0.05) is 0 Å². The molecule has 0 spiro atoms. The van der Waals surface area contributed by atoms with Gasteiger partial charge in [-0.05, 0) is 24.3 Å². The average Bonchev–Trinajstić information content (AvgIpc) is 2.44. The number of anilines is 1. The van der Waals surface area contributed by atoms with Crippen LogP contribution in [0.2, 0.25) is 15.1 Å². The van der Waals surface area contributed by atoms with E-state index in [9.17, 15) is 8.42 Å². The second-order valence-corrected chi connectivity index (χ2v) is 6.83. The largest absolute Gasteiger partial charge is 0.278 e. The minimum atomic E-state index is -3.97. The van der Waals surface area contributed by atoms with Crippen molar-refractivity contribution >= 4 is 50.5 Å². The molecule has 0 saturated carbocycles. The van der Waals surface area contributed by atoms with Gasteiger partial charge in [-0.3, -0.25) is 4.72 Å². The van der Waals surface area contributed by atoms with Crippen molar-refractivity contribution in [2.45, 2.75) is 4.90 Å². The standard InChI is InChI=1S/C13H7Cl3N2O2S/c14-9-5-11(16)12(6-10(9)15)18-21(19,20)13-4-2-1-3-8(13)7-17/h1-6,18H. The Kier molecular flexibility index (Phi) is 4.64. The van der Waals surface area contributed by atoms with Crippen LogP contribution in [-0.4, -0.2) is 8.42 Å². The van der Waals surface area contributed by atoms with Crippen molar-refractivity contribution in [2.24, 2.45) is 0 Å². The zero-order valence-electron chi connectivity index (χ0n) is 10.3. The first-order valence-corrected chi connectivity index (χ1v) is 8.13. The predicted octanol–water partition coefficient (Wildman–Crippen LogP) is 4.32. The molecule has 2 aromatic rings. The lowest BCUT2D eigenvalue weighted by Crippen LogP contribution is -2.14. The van der Waals surface area contributed by atoms with Crippen molar-refractivity contribution in [2.75, 3.05) is 4.72 Å². The second kappa shape index (κ2) is 6.12. The van der Waals surface area contributed by atoms with Gasteiger partial charge in [0.15, 0.2) is 0 Å². The van der Waals surface area contributed by atoms with Gasteiger partial charge in [-0.15, -0.1) is 0 Å². The van der Waals surface area contributed by atoms with Gasteiger partial charge in [0.25, 0.3) is 10.0 Å². The van der Waals surface area contributed by atoms with Gasteiger partial charge < -0.3 is 0 Å². The molecule has 0 saturated heterocycles. The van der Waals surface area contributed by atoms with E-state index >= 15 is 0 Å². The number of nitrogens with one attached hydrogen (secondary N) is 1. The zero-order chi connectivity index (χ0) is 15.6. The average molecular weight is 362 g/mol. The Bertz CT molecular complexity index is 845. The highest BCUT2D eigenvalue weighted by Crippen LogP contribution is 2.33. The third kappa shape index (κ3) is 3.42. The zero-order valence-corrected chi connectivity index (χ0v) is 13.4. The molecule has 0 bridgehead atoms. The predicted molar refractivity (Wildman–Crippen MR) is 83.4 cm³/mol. The summed E-state index contributed by atoms with van der Waals surface area (Å²) in [5, 5.41) is 9.45. The summed E-state index contributed by atoms with van der Waals surface area (Å²) in [6, 6.07) is 10.3. The van der Waals surface area contributed by atoms with Crippen LogP contribution < -0.4 is 4.72 Å². The molecule has 0 radical (unpaired) electrons. The molecule has 4 nitrogen and oxygen atoms in total. The molecule has 0 aromatic heterocycles. The van der Waals surface area contributed by atoms with Crippen molar-refractivity contribution in [3.63, 3.8) is 0 Å². The molecule has 8 heteroatoms. The number of sulfonamides is 1. The van der Waals surface area contributed by atoms with E-state index in [2.05, 4.69) is 4.72 Å². The Morgan fingerprint density at radius 1 is 1.00 bits per heavy atom. The lowest BCUT2D eigenvalue weighted by molar-refractivity contribution is 0.601. The van der Waals surface area contributed by atoms with E-state index in [0.717, 1.165) is 0 Å². The van der Waals surface area contributed by atoms with Crippen LogP contribution in [0.25, 0.3) is 0 Å². The number of hydrogen-bond donors (Lipinski definition) is 1. The maximum absolute atomic E-state index is 12.3. The van der Waals surface area contributed by atoms with Crippen molar-refractivity contribution in [1.29, 1.82) is 5.26 Å². The Morgan fingerprint density at radius 3 is 2.29 bits per heavy atom. The first-order chi connectivity index (χ1) is 9.85. The third-order valence-electron chi connectivity index (χ3n) is 2.55. The monoisotopic (exact) mass is 360 g/mol. The molecule has 0 unspecified atom stereocenters. The number of nitriles is 1. The van der Waals surface area contributed by atoms with Gasteiger partial charge in [0.05, 0.1) is 26.3 Å². The minimum absolute atomic E-state index is 0.0289. The van der Waals surface area contributed by atoms with Crippen molar-refractivity contribution in [3.8, 4) is 6.07 Å². The molecule has 21 heavy (non-hydrogen) atoms. The lowest BCUT2D eigenvalue weighted by Gasteiger charge is -2.11. The highest BCUT2D eigenvalue weighted by molar-refractivity contribution is 7.92. The number of hydrogen-bond acceptors (Lipinski definition) is 3. The molecule has 0 aliphatic rings. The molecule has 0 heterocycles. The van der Waals surface area contributed by atoms with Gasteiger partial charge in [0.2, 0.25) is 0 Å². The van der Waals surface area contributed by atoms with E-state index in [4.69, 9.17) is 40.1 Å². The van der Waals surface area contributed by atoms with Gasteiger partial charge in [0.1, 0.15) is 11.0 Å². The fraction of sp³-hybridized carbons (Fsp3) is 0. The first kappa shape index (κ1) is 15.9. The van der Waals surface area contributed by atoms with E-state index in [-0.39, 0.29) is 31.2 Å². The van der Waals surface area contributed by atoms with Gasteiger partial charge in [-0.1, -0.05) is 46.9 Å². The molecule has 2 rings (SSSR count). The Balaban J connectivity index is 2.48. The smallest absolute Gasteiger partial charge is 0.263 e. The van der Waals surface area contributed by atoms with Crippen LogP contribution in [0.1, 0.15) is 5.56 Å². The quantitative estimate of drug-likeness (QED) is 0.828. The topological polar surface area (TPSA) is 70.0 Å². The van der Waals surface area contributed by atoms with E-state index < -0.39 is 10.0 Å². The number of halogens is 3. The molecular weight excluding hydrogens is 355 g/mol. The minimum Gasteiger partial charge on any atom is -0.278 e. The fourth-order valence-corrected chi connectivity index (χ4v) is 3.47. The van der Waals surface area contributed by atoms with Gasteiger partial charge >= 0.3 is 0 Å². The molecule has 2 aromatic carbocycles. The maximum atomic E-state index is 12.3. The van der Waals surface area contributed by atoms with Crippen LogP contribution in [0, 0.1) is 11.3 Å². The summed E-state index contributed by atoms with van der Waals surface area (Å²) >= 11 is 17.6. The first-order valence-electron chi connectivity index (χ1n) is 5.51. The summed E-state index contributed by atoms with van der Waals surface area (Å²) in [5.74, 6) is 0. The summed E-state index contributed by atoms with van der Waals surface area (Å²) in [7, 11) is -3.97. The summed E-state index contributed by atoms with van der Waals surface area (Å²) < 4.78 is 27.0. The third-order valence-corrected chi connectivity index (χ3v) is 5.01. The summed E-state index contributed by atoms with van der Waals surface area (Å²) in [4.78, 5) is -0.144. The van der Waals surface area contributed by atoms with Crippen molar-refractivity contribution < 1.29 is 8.42 Å². The summed E-state index contributed by atoms with van der Waals surface area (Å²) in [6.07, 6.45) is 0. The van der Waals surface area contributed by atoms with Crippen LogP contribution in [0.4, 0.5) is 5.69 Å². The molecule has 0 aliphatic heterocycles. The van der Waals surface area contributed by atoms with E-state index in [1.165, 1.54) is 30.3 Å². The normalized spacial score (nSPS) is 11.0. The Hall–Kier alpha value is -1.45. The van der Waals surface area contributed by atoms with Crippen LogP contribution >= 0.6 is 34.8 Å². The Labute approximate surface area is 136 Å². The Morgan fingerprint density at radius 2 is 1.62 bits per heavy atom. The fourth-order valence-electron chi connectivity index (χ4n) is 1.59. The number of nitrogens with zero attached hydrogens (tertiary/aromatic N) is 1. The van der Waals surface area contributed by atoms with Crippen LogP contribution in [0.3, 0.4) is 0 Å². The highest BCUT2D eigenvalue weighted by Gasteiger charge is 2.20.